The molecule has 3 heterocycles. The Morgan fingerprint density at radius 1 is 1.50 bits per heavy atom. The van der Waals surface area contributed by atoms with Crippen molar-refractivity contribution in [2.24, 2.45) is 0 Å². The van der Waals surface area contributed by atoms with Crippen LogP contribution in [0.2, 0.25) is 0 Å². The summed E-state index contributed by atoms with van der Waals surface area (Å²) in [6.07, 6.45) is 1.84. The van der Waals surface area contributed by atoms with E-state index < -0.39 is 0 Å². The SMILES string of the molecule is COc1cc(C(=O)N2CCCC2c2ccc(C)o2)on1. The number of nitrogens with zero attached hydrogens (tertiary/aromatic N) is 2. The molecular weight excluding hydrogens is 260 g/mol. The summed E-state index contributed by atoms with van der Waals surface area (Å²) in [5, 5.41) is 3.66. The molecule has 3 rings (SSSR count). The lowest BCUT2D eigenvalue weighted by Crippen LogP contribution is -2.30. The quantitative estimate of drug-likeness (QED) is 0.861. The average Bonchev–Trinajstić information content (AvgIpc) is 3.17. The van der Waals surface area contributed by atoms with Gasteiger partial charge in [0.25, 0.3) is 11.8 Å². The Kier molecular flexibility index (Phi) is 3.22. The van der Waals surface area contributed by atoms with Crippen LogP contribution in [0.3, 0.4) is 0 Å². The van der Waals surface area contributed by atoms with E-state index >= 15 is 0 Å². The molecule has 1 aliphatic rings. The predicted molar refractivity (Wildman–Crippen MR) is 69.5 cm³/mol. The fraction of sp³-hybridized carbons (Fsp3) is 0.429. The zero-order chi connectivity index (χ0) is 14.1. The van der Waals surface area contributed by atoms with E-state index in [9.17, 15) is 4.79 Å². The van der Waals surface area contributed by atoms with Gasteiger partial charge in [0.2, 0.25) is 5.76 Å². The van der Waals surface area contributed by atoms with Crippen LogP contribution in [-0.2, 0) is 0 Å². The smallest absolute Gasteiger partial charge is 0.293 e. The lowest BCUT2D eigenvalue weighted by Gasteiger charge is -2.21. The van der Waals surface area contributed by atoms with Gasteiger partial charge < -0.3 is 18.6 Å². The number of methoxy groups -OCH3 is 1. The summed E-state index contributed by atoms with van der Waals surface area (Å²) in [7, 11) is 1.48. The first-order valence-corrected chi connectivity index (χ1v) is 6.57. The molecular formula is C14H16N2O4. The molecule has 6 heteroatoms. The van der Waals surface area contributed by atoms with Crippen molar-refractivity contribution in [3.63, 3.8) is 0 Å². The molecule has 0 bridgehead atoms. The molecule has 1 amide bonds. The van der Waals surface area contributed by atoms with E-state index in [1.165, 1.54) is 13.2 Å². The van der Waals surface area contributed by atoms with Crippen LogP contribution in [0, 0.1) is 6.92 Å². The van der Waals surface area contributed by atoms with E-state index in [4.69, 9.17) is 13.7 Å². The summed E-state index contributed by atoms with van der Waals surface area (Å²) >= 11 is 0. The number of rotatable bonds is 3. The third-order valence-electron chi connectivity index (χ3n) is 3.51. The number of hydrogen-bond acceptors (Lipinski definition) is 5. The number of aromatic nitrogens is 1. The second-order valence-corrected chi connectivity index (χ2v) is 4.84. The molecule has 106 valence electrons. The molecule has 20 heavy (non-hydrogen) atoms. The minimum absolute atomic E-state index is 0.0349. The van der Waals surface area contributed by atoms with Crippen LogP contribution in [0.15, 0.2) is 27.1 Å². The highest BCUT2D eigenvalue weighted by Crippen LogP contribution is 2.34. The number of carbonyl (C=O) groups excluding carboxylic acids is 1. The highest BCUT2D eigenvalue weighted by Gasteiger charge is 2.34. The van der Waals surface area contributed by atoms with Gasteiger partial charge in [-0.3, -0.25) is 4.79 Å². The molecule has 0 aromatic carbocycles. The second kappa shape index (κ2) is 5.03. The predicted octanol–water partition coefficient (Wildman–Crippen LogP) is 2.56. The molecule has 6 nitrogen and oxygen atoms in total. The topological polar surface area (TPSA) is 68.7 Å². The van der Waals surface area contributed by atoms with Crippen LogP contribution in [0.25, 0.3) is 0 Å². The standard InChI is InChI=1S/C14H16N2O4/c1-9-5-6-11(19-9)10-4-3-7-16(10)14(17)12-8-13(18-2)15-20-12/h5-6,8,10H,3-4,7H2,1-2H3. The molecule has 2 aromatic heterocycles. The number of ether oxygens (including phenoxy) is 1. The minimum atomic E-state index is -0.183. The molecule has 0 N–H and O–H groups in total. The summed E-state index contributed by atoms with van der Waals surface area (Å²) in [5.41, 5.74) is 0. The van der Waals surface area contributed by atoms with Gasteiger partial charge in [-0.1, -0.05) is 0 Å². The molecule has 1 fully saturated rings. The van der Waals surface area contributed by atoms with Gasteiger partial charge in [0.1, 0.15) is 11.5 Å². The molecule has 1 aliphatic heterocycles. The summed E-state index contributed by atoms with van der Waals surface area (Å²) in [6, 6.07) is 5.30. The van der Waals surface area contributed by atoms with Gasteiger partial charge in [-0.05, 0) is 37.1 Å². The van der Waals surface area contributed by atoms with Gasteiger partial charge in [-0.2, -0.15) is 0 Å². The molecule has 2 aromatic rings. The van der Waals surface area contributed by atoms with Gasteiger partial charge in [0.05, 0.1) is 19.2 Å². The van der Waals surface area contributed by atoms with Crippen LogP contribution < -0.4 is 4.74 Å². The Balaban J connectivity index is 1.83. The first-order valence-electron chi connectivity index (χ1n) is 6.57. The fourth-order valence-electron chi connectivity index (χ4n) is 2.54. The minimum Gasteiger partial charge on any atom is -0.479 e. The van der Waals surface area contributed by atoms with Crippen molar-refractivity contribution in [2.45, 2.75) is 25.8 Å². The van der Waals surface area contributed by atoms with Crippen molar-refractivity contribution in [1.82, 2.24) is 10.1 Å². The lowest BCUT2D eigenvalue weighted by molar-refractivity contribution is 0.0676. The highest BCUT2D eigenvalue weighted by molar-refractivity contribution is 5.92. The zero-order valence-electron chi connectivity index (χ0n) is 11.5. The van der Waals surface area contributed by atoms with Crippen LogP contribution in [0.5, 0.6) is 5.88 Å². The number of carbonyl (C=O) groups is 1. The Hall–Kier alpha value is -2.24. The number of hydrogen-bond donors (Lipinski definition) is 0. The number of likely N-dealkylation sites (tertiary alicyclic amines) is 1. The van der Waals surface area contributed by atoms with Gasteiger partial charge >= 0.3 is 0 Å². The second-order valence-electron chi connectivity index (χ2n) is 4.84. The first kappa shape index (κ1) is 12.8. The number of amides is 1. The maximum absolute atomic E-state index is 12.5. The van der Waals surface area contributed by atoms with Crippen LogP contribution in [0.4, 0.5) is 0 Å². The largest absolute Gasteiger partial charge is 0.479 e. The molecule has 0 saturated carbocycles. The normalized spacial score (nSPS) is 18.5. The first-order chi connectivity index (χ1) is 9.69. The third kappa shape index (κ3) is 2.17. The van der Waals surface area contributed by atoms with E-state index in [1.807, 2.05) is 19.1 Å². The van der Waals surface area contributed by atoms with Crippen molar-refractivity contribution in [3.05, 3.63) is 35.5 Å². The lowest BCUT2D eigenvalue weighted by atomic mass is 10.1. The maximum Gasteiger partial charge on any atom is 0.293 e. The monoisotopic (exact) mass is 276 g/mol. The number of aryl methyl sites for hydroxylation is 1. The van der Waals surface area contributed by atoms with Crippen LogP contribution in [-0.4, -0.2) is 29.6 Å². The van der Waals surface area contributed by atoms with Crippen molar-refractivity contribution in [3.8, 4) is 5.88 Å². The molecule has 1 atom stereocenters. The molecule has 0 spiro atoms. The summed E-state index contributed by atoms with van der Waals surface area (Å²) < 4.78 is 15.6. The van der Waals surface area contributed by atoms with Gasteiger partial charge in [-0.25, -0.2) is 0 Å². The van der Waals surface area contributed by atoms with Crippen molar-refractivity contribution in [1.29, 1.82) is 0 Å². The van der Waals surface area contributed by atoms with Crippen LogP contribution >= 0.6 is 0 Å². The van der Waals surface area contributed by atoms with Gasteiger partial charge in [-0.15, -0.1) is 0 Å². The van der Waals surface area contributed by atoms with E-state index in [-0.39, 0.29) is 17.7 Å². The van der Waals surface area contributed by atoms with Gasteiger partial charge in [0.15, 0.2) is 0 Å². The Morgan fingerprint density at radius 3 is 3.00 bits per heavy atom. The van der Waals surface area contributed by atoms with E-state index in [0.29, 0.717) is 12.4 Å². The summed E-state index contributed by atoms with van der Waals surface area (Å²) in [6.45, 7) is 2.58. The Morgan fingerprint density at radius 2 is 2.35 bits per heavy atom. The van der Waals surface area contributed by atoms with E-state index in [2.05, 4.69) is 5.16 Å². The Bertz CT molecular complexity index is 616. The molecule has 0 radical (unpaired) electrons. The zero-order valence-corrected chi connectivity index (χ0v) is 11.5. The Labute approximate surface area is 116 Å². The van der Waals surface area contributed by atoms with Crippen LogP contribution in [0.1, 0.15) is 41.0 Å². The van der Waals surface area contributed by atoms with E-state index in [1.54, 1.807) is 4.90 Å². The van der Waals surface area contributed by atoms with Crippen molar-refractivity contribution in [2.75, 3.05) is 13.7 Å². The average molecular weight is 276 g/mol. The van der Waals surface area contributed by atoms with E-state index in [0.717, 1.165) is 24.4 Å². The summed E-state index contributed by atoms with van der Waals surface area (Å²) in [5.74, 6) is 1.98. The molecule has 1 saturated heterocycles. The third-order valence-corrected chi connectivity index (χ3v) is 3.51. The molecule has 1 unspecified atom stereocenters. The number of furan rings is 1. The fourth-order valence-corrected chi connectivity index (χ4v) is 2.54. The van der Waals surface area contributed by atoms with Gasteiger partial charge in [0, 0.05) is 6.54 Å². The highest BCUT2D eigenvalue weighted by atomic mass is 16.5. The summed E-state index contributed by atoms with van der Waals surface area (Å²) in [4.78, 5) is 14.2. The molecule has 0 aliphatic carbocycles. The van der Waals surface area contributed by atoms with Crippen molar-refractivity contribution < 1.29 is 18.5 Å². The van der Waals surface area contributed by atoms with Crippen molar-refractivity contribution >= 4 is 5.91 Å². The maximum atomic E-state index is 12.5.